The first-order valence-electron chi connectivity index (χ1n) is 29.3. The number of hydrogen-bond acceptors (Lipinski definition) is 15. The number of ketones is 1. The number of para-hydroxylation sites is 1. The molecule has 2 aliphatic heterocycles. The van der Waals surface area contributed by atoms with Crippen LogP contribution in [-0.2, 0) is 78.4 Å². The first-order chi connectivity index (χ1) is 42.1. The number of phenols is 1. The highest BCUT2D eigenvalue weighted by Gasteiger charge is 2.54. The summed E-state index contributed by atoms with van der Waals surface area (Å²) in [7, 11) is 0. The van der Waals surface area contributed by atoms with E-state index in [9.17, 15) is 63.0 Å². The van der Waals surface area contributed by atoms with Gasteiger partial charge in [0.15, 0.2) is 11.3 Å². The molecule has 10 amide bonds. The van der Waals surface area contributed by atoms with E-state index in [0.29, 0.717) is 46.3 Å². The Hall–Kier alpha value is -9.50. The second kappa shape index (κ2) is 30.7. The number of aromatic hydroxyl groups is 1. The second-order valence-electron chi connectivity index (χ2n) is 22.6. The summed E-state index contributed by atoms with van der Waals surface area (Å²) in [6.07, 6.45) is 3.93. The molecule has 27 heteroatoms. The lowest BCUT2D eigenvalue weighted by Crippen LogP contribution is -2.65. The maximum Gasteiger partial charge on any atom is 0.245 e. The van der Waals surface area contributed by atoms with E-state index in [-0.39, 0.29) is 88.3 Å². The zero-order valence-corrected chi connectivity index (χ0v) is 49.3. The number of hydrogen-bond donors (Lipinski definition) is 14. The van der Waals surface area contributed by atoms with E-state index in [0.717, 1.165) is 0 Å². The maximum atomic E-state index is 14.9. The number of carbonyl (C=O) groups excluding carboxylic acids is 11. The van der Waals surface area contributed by atoms with Crippen molar-refractivity contribution in [1.82, 2.24) is 62.4 Å². The Balaban J connectivity index is 1.14. The normalized spacial score (nSPS) is 18.1. The molecule has 9 atom stereocenters. The molecule has 0 aliphatic carbocycles. The summed E-state index contributed by atoms with van der Waals surface area (Å²) in [5.74, 6) is -9.28. The van der Waals surface area contributed by atoms with E-state index in [1.54, 1.807) is 86.5 Å². The number of rotatable bonds is 32. The van der Waals surface area contributed by atoms with E-state index in [1.165, 1.54) is 36.8 Å². The minimum absolute atomic E-state index is 0.00606. The number of primary amides is 2. The number of carbonyl (C=O) groups is 11. The largest absolute Gasteiger partial charge is 0.508 e. The molecule has 5 aromatic rings. The molecule has 0 bridgehead atoms. The van der Waals surface area contributed by atoms with Crippen molar-refractivity contribution in [2.45, 2.75) is 145 Å². The average molecular weight is 1220 g/mol. The number of nitrogens with two attached hydrogens (primary N) is 2. The number of likely N-dealkylation sites (tertiary alicyclic amines) is 1. The van der Waals surface area contributed by atoms with Crippen LogP contribution in [0.25, 0.3) is 10.9 Å². The van der Waals surface area contributed by atoms with Crippen LogP contribution < -0.4 is 54.0 Å². The summed E-state index contributed by atoms with van der Waals surface area (Å²) in [6.45, 7) is 4.95. The predicted octanol–water partition coefficient (Wildman–Crippen LogP) is -1.25. The molecule has 2 saturated heterocycles. The molecule has 2 fully saturated rings. The number of aliphatic hydroxyl groups is 1. The third-order valence-electron chi connectivity index (χ3n) is 15.8. The number of aromatic amines is 2. The van der Waals surface area contributed by atoms with Gasteiger partial charge >= 0.3 is 0 Å². The van der Waals surface area contributed by atoms with Crippen molar-refractivity contribution in [3.63, 3.8) is 0 Å². The van der Waals surface area contributed by atoms with Gasteiger partial charge in [-0.05, 0) is 86.0 Å². The number of benzene rings is 3. The molecule has 2 aliphatic rings. The van der Waals surface area contributed by atoms with Crippen LogP contribution in [0.1, 0.15) is 88.1 Å². The Bertz CT molecular complexity index is 3300. The molecule has 0 spiro atoms. The van der Waals surface area contributed by atoms with Gasteiger partial charge in [0.05, 0.1) is 19.0 Å². The topological polar surface area (TPSA) is 424 Å². The van der Waals surface area contributed by atoms with Crippen LogP contribution in [0, 0.1) is 5.92 Å². The summed E-state index contributed by atoms with van der Waals surface area (Å²) < 4.78 is 0. The fraction of sp³-hybridized carbons (Fsp3) is 0.443. The number of aromatic nitrogens is 3. The third-order valence-corrected chi connectivity index (χ3v) is 15.8. The van der Waals surface area contributed by atoms with Gasteiger partial charge in [0.2, 0.25) is 59.1 Å². The lowest BCUT2D eigenvalue weighted by Gasteiger charge is -2.36. The van der Waals surface area contributed by atoms with Crippen LogP contribution in [0.2, 0.25) is 0 Å². The van der Waals surface area contributed by atoms with Gasteiger partial charge in [0.25, 0.3) is 0 Å². The monoisotopic (exact) mass is 1210 g/mol. The van der Waals surface area contributed by atoms with Crippen molar-refractivity contribution >= 4 is 75.8 Å². The molecule has 3 aromatic carbocycles. The molecule has 9 unspecified atom stereocenters. The molecule has 27 nitrogen and oxygen atoms in total. The first-order valence-corrected chi connectivity index (χ1v) is 29.3. The Morgan fingerprint density at radius 3 is 1.81 bits per heavy atom. The number of imidazole rings is 1. The van der Waals surface area contributed by atoms with Crippen molar-refractivity contribution in [2.24, 2.45) is 17.4 Å². The van der Waals surface area contributed by atoms with Gasteiger partial charge in [-0.2, -0.15) is 0 Å². The van der Waals surface area contributed by atoms with Gasteiger partial charge in [-0.25, -0.2) is 4.98 Å². The number of likely N-dealkylation sites (N-methyl/N-ethyl adjacent to an activating group) is 1. The number of nitrogens with one attached hydrogen (secondary N) is 10. The molecule has 4 heterocycles. The third kappa shape index (κ3) is 17.4. The van der Waals surface area contributed by atoms with Crippen LogP contribution in [0.3, 0.4) is 0 Å². The zero-order chi connectivity index (χ0) is 63.7. The number of nitrogens with zero attached hydrogens (tertiary/aromatic N) is 2. The summed E-state index contributed by atoms with van der Waals surface area (Å²) in [5.41, 5.74) is 12.3. The Labute approximate surface area is 507 Å². The number of aliphatic hydroxyl groups excluding tert-OH is 1. The molecule has 0 saturated carbocycles. The summed E-state index contributed by atoms with van der Waals surface area (Å²) in [4.78, 5) is 164. The minimum Gasteiger partial charge on any atom is -0.508 e. The number of H-pyrrole nitrogens is 2. The molecule has 0 radical (unpaired) electrons. The van der Waals surface area contributed by atoms with Crippen LogP contribution in [0.15, 0.2) is 97.6 Å². The van der Waals surface area contributed by atoms with Gasteiger partial charge in [0.1, 0.15) is 48.0 Å². The van der Waals surface area contributed by atoms with Crippen molar-refractivity contribution in [1.29, 1.82) is 0 Å². The van der Waals surface area contributed by atoms with Gasteiger partial charge in [-0.3, -0.25) is 57.6 Å². The van der Waals surface area contributed by atoms with Crippen molar-refractivity contribution in [3.05, 3.63) is 120 Å². The van der Waals surface area contributed by atoms with Gasteiger partial charge < -0.3 is 74.2 Å². The second-order valence-corrected chi connectivity index (χ2v) is 22.6. The van der Waals surface area contributed by atoms with Crippen molar-refractivity contribution in [3.8, 4) is 5.75 Å². The predicted molar refractivity (Wildman–Crippen MR) is 319 cm³/mol. The summed E-state index contributed by atoms with van der Waals surface area (Å²) in [5, 5.41) is 42.9. The Morgan fingerprint density at radius 2 is 1.24 bits per heavy atom. The zero-order valence-electron chi connectivity index (χ0n) is 49.3. The van der Waals surface area contributed by atoms with Crippen LogP contribution in [-0.4, -0.2) is 168 Å². The van der Waals surface area contributed by atoms with E-state index < -0.39 is 119 Å². The highest BCUT2D eigenvalue weighted by Crippen LogP contribution is 2.32. The van der Waals surface area contributed by atoms with Crippen LogP contribution in [0.4, 0.5) is 0 Å². The van der Waals surface area contributed by atoms with Gasteiger partial charge in [-0.1, -0.05) is 81.4 Å². The maximum absolute atomic E-state index is 14.9. The molecule has 470 valence electrons. The Morgan fingerprint density at radius 1 is 0.682 bits per heavy atom. The fourth-order valence-electron chi connectivity index (χ4n) is 11.1. The average Bonchev–Trinajstić information content (AvgIpc) is 3.03. The Kier molecular flexibility index (Phi) is 23.1. The van der Waals surface area contributed by atoms with E-state index >= 15 is 0 Å². The van der Waals surface area contributed by atoms with Crippen LogP contribution in [0.5, 0.6) is 5.75 Å². The lowest BCUT2D eigenvalue weighted by molar-refractivity contribution is -0.144. The summed E-state index contributed by atoms with van der Waals surface area (Å²) >= 11 is 0. The smallest absolute Gasteiger partial charge is 0.245 e. The number of amides is 10. The molecule has 2 aromatic heterocycles. The number of fused-ring (bicyclic) bond motifs is 1. The SMILES string of the molecule is CCN1CCCC1(C(N)=O)C(=O)C(CCC(N)=O)NC(=O)C(CC(C)C)NC(=O)C(Cc1ccccc1)NC(=O)C(Cc1ccc(O)cc1)NC(=O)C(CO)NC(=O)C(Cc1c[nH]c2ccccc12)NC(=O)C(Cc1cnc[nH]1)NC(=O)C1CCC(=O)N1. The van der Waals surface area contributed by atoms with E-state index in [1.807, 2.05) is 0 Å². The van der Waals surface area contributed by atoms with E-state index in [2.05, 4.69) is 57.5 Å². The fourth-order valence-corrected chi connectivity index (χ4v) is 11.1. The van der Waals surface area contributed by atoms with Crippen molar-refractivity contribution in [2.75, 3.05) is 19.7 Å². The van der Waals surface area contributed by atoms with Gasteiger partial charge in [-0.15, -0.1) is 0 Å². The standard InChI is InChI=1S/C61H78N14O13/c1-4-75-24-10-23-61(75,60(63)88)52(80)42(19-21-50(62)78)68-54(82)44(25-34(2)3)69-55(83)45(26-35-11-6-5-7-12-35)70-56(84)46(27-36-15-17-39(77)18-16-36)71-59(87)49(32-76)74-57(85)47(28-37-30-65-41-14-9-8-13-40(37)41)72-58(86)48(29-38-31-64-33-66-38)73-53(81)43-20-22-51(79)67-43/h5-9,11-18,30-31,33-34,42-49,65,76-77H,4,10,19-29,32H2,1-3H3,(H2,62,78)(H2,63,88)(H,64,66)(H,67,79)(H,68,82)(H,69,83)(H,70,84)(H,71,87)(H,72,86)(H,73,81)(H,74,85). The van der Waals surface area contributed by atoms with Crippen molar-refractivity contribution < 1.29 is 63.0 Å². The quantitative estimate of drug-likeness (QED) is 0.0224. The van der Waals surface area contributed by atoms with E-state index in [4.69, 9.17) is 11.5 Å². The number of Topliss-reactive ketones (excluding diaryl/α,β-unsaturated/α-hetero) is 1. The lowest BCUT2D eigenvalue weighted by atomic mass is 9.84. The van der Waals surface area contributed by atoms with Crippen LogP contribution >= 0.6 is 0 Å². The molecule has 16 N–H and O–H groups in total. The first kappa shape index (κ1) is 66.0. The highest BCUT2D eigenvalue weighted by molar-refractivity contribution is 6.13. The number of phenolic OH excluding ortho intramolecular Hbond substituents is 1. The minimum atomic E-state index is -1.79. The summed E-state index contributed by atoms with van der Waals surface area (Å²) in [6, 6.07) is 10.0. The molecule has 88 heavy (non-hydrogen) atoms. The molecular weight excluding hydrogens is 1140 g/mol. The molecular formula is C61H78N14O13. The van der Waals surface area contributed by atoms with Gasteiger partial charge in [0, 0.05) is 67.5 Å². The highest BCUT2D eigenvalue weighted by atomic mass is 16.3. The molecule has 7 rings (SSSR count).